The van der Waals surface area contributed by atoms with E-state index in [0.29, 0.717) is 17.9 Å². The molecular weight excluding hydrogens is 276 g/mol. The number of carbonyl (C=O) groups is 1. The molecule has 0 fully saturated rings. The van der Waals surface area contributed by atoms with Crippen LogP contribution in [-0.4, -0.2) is 16.4 Å². The molecular formula is C17H16N4O. The molecule has 3 N–H and O–H groups in total. The van der Waals surface area contributed by atoms with Gasteiger partial charge in [-0.25, -0.2) is 4.98 Å². The van der Waals surface area contributed by atoms with Gasteiger partial charge in [0.1, 0.15) is 5.82 Å². The van der Waals surface area contributed by atoms with E-state index in [-0.39, 0.29) is 0 Å². The molecule has 3 rings (SSSR count). The van der Waals surface area contributed by atoms with Crippen LogP contribution >= 0.6 is 0 Å². The third kappa shape index (κ3) is 2.26. The molecule has 0 saturated carbocycles. The predicted octanol–water partition coefficient (Wildman–Crippen LogP) is 3.06. The van der Waals surface area contributed by atoms with Gasteiger partial charge in [0.05, 0.1) is 0 Å². The summed E-state index contributed by atoms with van der Waals surface area (Å²) in [6, 6.07) is 5.85. The van der Waals surface area contributed by atoms with Crippen molar-refractivity contribution >= 4 is 28.7 Å². The van der Waals surface area contributed by atoms with E-state index in [0.717, 1.165) is 33.0 Å². The first kappa shape index (κ1) is 14.0. The van der Waals surface area contributed by atoms with Crippen molar-refractivity contribution in [2.75, 3.05) is 11.1 Å². The predicted molar refractivity (Wildman–Crippen MR) is 88.5 cm³/mol. The molecule has 0 aliphatic heterocycles. The Morgan fingerprint density at radius 3 is 2.73 bits per heavy atom. The van der Waals surface area contributed by atoms with Crippen molar-refractivity contribution in [1.29, 1.82) is 0 Å². The zero-order valence-electron chi connectivity index (χ0n) is 12.4. The second-order valence-electron chi connectivity index (χ2n) is 5.21. The van der Waals surface area contributed by atoms with Crippen LogP contribution in [0.15, 0.2) is 36.8 Å². The Balaban J connectivity index is 2.29. The highest BCUT2D eigenvalue weighted by atomic mass is 16.1. The molecule has 0 radical (unpaired) electrons. The fourth-order valence-electron chi connectivity index (χ4n) is 2.59. The van der Waals surface area contributed by atoms with Crippen molar-refractivity contribution in [2.45, 2.75) is 13.8 Å². The maximum Gasteiger partial charge on any atom is 0.212 e. The number of hydrogen-bond acceptors (Lipinski definition) is 4. The third-order valence-corrected chi connectivity index (χ3v) is 3.87. The largest absolute Gasteiger partial charge is 0.398 e. The van der Waals surface area contributed by atoms with Gasteiger partial charge in [0.2, 0.25) is 6.41 Å². The average molecular weight is 292 g/mol. The molecule has 0 bridgehead atoms. The molecule has 5 nitrogen and oxygen atoms in total. The molecule has 0 aliphatic carbocycles. The first-order valence-electron chi connectivity index (χ1n) is 6.92. The molecule has 1 amide bonds. The van der Waals surface area contributed by atoms with E-state index in [1.165, 1.54) is 0 Å². The van der Waals surface area contributed by atoms with Crippen molar-refractivity contribution in [3.05, 3.63) is 47.9 Å². The van der Waals surface area contributed by atoms with E-state index in [1.807, 2.05) is 32.2 Å². The zero-order chi connectivity index (χ0) is 15.7. The number of carbonyl (C=O) groups excluding carboxylic acids is 1. The normalized spacial score (nSPS) is 10.6. The number of aromatic nitrogens is 2. The number of rotatable bonds is 3. The third-order valence-electron chi connectivity index (χ3n) is 3.87. The van der Waals surface area contributed by atoms with Crippen LogP contribution in [0.1, 0.15) is 11.1 Å². The SMILES string of the molecule is Cc1ccncc1-c1cc2cc(NC=O)ncc2c(N)c1C. The topological polar surface area (TPSA) is 80.9 Å². The summed E-state index contributed by atoms with van der Waals surface area (Å²) in [5.41, 5.74) is 11.2. The molecule has 0 atom stereocenters. The highest BCUT2D eigenvalue weighted by Crippen LogP contribution is 2.35. The highest BCUT2D eigenvalue weighted by Gasteiger charge is 2.12. The van der Waals surface area contributed by atoms with Gasteiger partial charge in [0.15, 0.2) is 0 Å². The van der Waals surface area contributed by atoms with E-state index in [9.17, 15) is 4.79 Å². The average Bonchev–Trinajstić information content (AvgIpc) is 2.52. The van der Waals surface area contributed by atoms with Crippen molar-refractivity contribution < 1.29 is 4.79 Å². The van der Waals surface area contributed by atoms with Gasteiger partial charge < -0.3 is 11.1 Å². The standard InChI is InChI=1S/C17H16N4O/c1-10-3-4-19-7-14(10)13-5-12-6-16(21-9-22)20-8-15(12)17(18)11(13)2/h3-9H,18H2,1-2H3,(H,20,21,22). The number of anilines is 2. The number of fused-ring (bicyclic) bond motifs is 1. The molecule has 2 aromatic heterocycles. The maximum absolute atomic E-state index is 10.6. The minimum absolute atomic E-state index is 0.500. The van der Waals surface area contributed by atoms with E-state index >= 15 is 0 Å². The van der Waals surface area contributed by atoms with Crippen molar-refractivity contribution in [1.82, 2.24) is 9.97 Å². The molecule has 5 heteroatoms. The monoisotopic (exact) mass is 292 g/mol. The second kappa shape index (κ2) is 5.44. The Bertz CT molecular complexity index is 874. The van der Waals surface area contributed by atoms with Gasteiger partial charge in [-0.05, 0) is 54.1 Å². The molecule has 2 heterocycles. The van der Waals surface area contributed by atoms with Gasteiger partial charge in [-0.1, -0.05) is 0 Å². The summed E-state index contributed by atoms with van der Waals surface area (Å²) in [7, 11) is 0. The van der Waals surface area contributed by atoms with Crippen molar-refractivity contribution in [3.8, 4) is 11.1 Å². The van der Waals surface area contributed by atoms with Gasteiger partial charge in [-0.3, -0.25) is 9.78 Å². The van der Waals surface area contributed by atoms with Gasteiger partial charge >= 0.3 is 0 Å². The summed E-state index contributed by atoms with van der Waals surface area (Å²) in [5, 5.41) is 4.37. The number of aryl methyl sites for hydroxylation is 1. The summed E-state index contributed by atoms with van der Waals surface area (Å²) < 4.78 is 0. The van der Waals surface area contributed by atoms with Gasteiger partial charge in [0, 0.05) is 35.2 Å². The summed E-state index contributed by atoms with van der Waals surface area (Å²) >= 11 is 0. The van der Waals surface area contributed by atoms with E-state index in [1.54, 1.807) is 12.4 Å². The minimum atomic E-state index is 0.500. The fraction of sp³-hybridized carbons (Fsp3) is 0.118. The van der Waals surface area contributed by atoms with Gasteiger partial charge in [0.25, 0.3) is 0 Å². The van der Waals surface area contributed by atoms with E-state index in [4.69, 9.17) is 5.73 Å². The number of nitrogens with zero attached hydrogens (tertiary/aromatic N) is 2. The maximum atomic E-state index is 10.6. The highest BCUT2D eigenvalue weighted by molar-refractivity contribution is 6.00. The smallest absolute Gasteiger partial charge is 0.212 e. The van der Waals surface area contributed by atoms with Crippen LogP contribution in [-0.2, 0) is 4.79 Å². The van der Waals surface area contributed by atoms with E-state index in [2.05, 4.69) is 21.4 Å². The summed E-state index contributed by atoms with van der Waals surface area (Å²) in [5.74, 6) is 0.500. The number of hydrogen-bond donors (Lipinski definition) is 2. The first-order valence-corrected chi connectivity index (χ1v) is 6.92. The van der Waals surface area contributed by atoms with Gasteiger partial charge in [-0.2, -0.15) is 0 Å². The molecule has 110 valence electrons. The number of benzene rings is 1. The van der Waals surface area contributed by atoms with Crippen LogP contribution in [0.5, 0.6) is 0 Å². The summed E-state index contributed by atoms with van der Waals surface area (Å²) in [4.78, 5) is 19.0. The molecule has 0 saturated heterocycles. The number of nitrogens with one attached hydrogen (secondary N) is 1. The van der Waals surface area contributed by atoms with Crippen LogP contribution in [0.4, 0.5) is 11.5 Å². The lowest BCUT2D eigenvalue weighted by atomic mass is 9.94. The Morgan fingerprint density at radius 1 is 1.18 bits per heavy atom. The molecule has 22 heavy (non-hydrogen) atoms. The van der Waals surface area contributed by atoms with Crippen LogP contribution in [0.2, 0.25) is 0 Å². The number of nitrogen functional groups attached to an aromatic ring is 1. The Hall–Kier alpha value is -2.95. The number of pyridine rings is 2. The second-order valence-corrected chi connectivity index (χ2v) is 5.21. The number of nitrogens with two attached hydrogens (primary N) is 1. The van der Waals surface area contributed by atoms with Crippen LogP contribution in [0.3, 0.4) is 0 Å². The van der Waals surface area contributed by atoms with Crippen molar-refractivity contribution in [2.24, 2.45) is 0 Å². The van der Waals surface area contributed by atoms with Gasteiger partial charge in [-0.15, -0.1) is 0 Å². The summed E-state index contributed by atoms with van der Waals surface area (Å²) in [6.45, 7) is 4.04. The molecule has 0 unspecified atom stereocenters. The van der Waals surface area contributed by atoms with E-state index < -0.39 is 0 Å². The Labute approximate surface area is 128 Å². The van der Waals surface area contributed by atoms with Crippen LogP contribution < -0.4 is 11.1 Å². The quantitative estimate of drug-likeness (QED) is 0.574. The van der Waals surface area contributed by atoms with Crippen LogP contribution in [0, 0.1) is 13.8 Å². The minimum Gasteiger partial charge on any atom is -0.398 e. The fourth-order valence-corrected chi connectivity index (χ4v) is 2.59. The zero-order valence-corrected chi connectivity index (χ0v) is 12.4. The molecule has 0 aliphatic rings. The van der Waals surface area contributed by atoms with Crippen LogP contribution in [0.25, 0.3) is 21.9 Å². The molecule has 0 spiro atoms. The number of amides is 1. The lowest BCUT2D eigenvalue weighted by Crippen LogP contribution is -1.99. The lowest BCUT2D eigenvalue weighted by molar-refractivity contribution is -0.105. The Morgan fingerprint density at radius 2 is 2.00 bits per heavy atom. The van der Waals surface area contributed by atoms with Crippen molar-refractivity contribution in [3.63, 3.8) is 0 Å². The molecule has 3 aromatic rings. The summed E-state index contributed by atoms with van der Waals surface area (Å²) in [6.07, 6.45) is 5.91. The molecule has 1 aromatic carbocycles. The lowest BCUT2D eigenvalue weighted by Gasteiger charge is -2.14. The Kier molecular flexibility index (Phi) is 3.47. The first-order chi connectivity index (χ1) is 10.6.